The van der Waals surface area contributed by atoms with Crippen LogP contribution in [0.2, 0.25) is 0 Å². The molecule has 0 aromatic heterocycles. The zero-order valence-electron chi connectivity index (χ0n) is 13.0. The van der Waals surface area contributed by atoms with Gasteiger partial charge in [0.15, 0.2) is 11.9 Å². The first kappa shape index (κ1) is 18.9. The predicted octanol–water partition coefficient (Wildman–Crippen LogP) is 4.10. The molecular weight excluding hydrogens is 342 g/mol. The van der Waals surface area contributed by atoms with Gasteiger partial charge in [0, 0.05) is 17.4 Å². The second-order valence-electron chi connectivity index (χ2n) is 5.85. The molecule has 9 heteroatoms. The molecule has 4 atom stereocenters. The molecule has 3 nitrogen and oxygen atoms in total. The molecule has 1 saturated heterocycles. The van der Waals surface area contributed by atoms with E-state index in [4.69, 9.17) is 9.47 Å². The number of aliphatic hydroxyl groups is 1. The summed E-state index contributed by atoms with van der Waals surface area (Å²) in [5, 5.41) is 9.97. The van der Waals surface area contributed by atoms with Crippen molar-refractivity contribution in [3.63, 3.8) is 0 Å². The average Bonchev–Trinajstić information content (AvgIpc) is 2.67. The number of alkyl halides is 6. The van der Waals surface area contributed by atoms with Crippen LogP contribution in [0.3, 0.4) is 0 Å². The largest absolute Gasteiger partial charge is 0.496 e. The summed E-state index contributed by atoms with van der Waals surface area (Å²) in [6.07, 6.45) is -11.5. The fraction of sp³-hybridized carbons (Fsp3) is 0.600. The highest BCUT2D eigenvalue weighted by molar-refractivity contribution is 5.46. The number of hydrogen-bond acceptors (Lipinski definition) is 3. The zero-order chi connectivity index (χ0) is 18.5. The molecule has 0 amide bonds. The van der Waals surface area contributed by atoms with Crippen molar-refractivity contribution in [2.75, 3.05) is 7.11 Å². The Balaban J connectivity index is 2.57. The zero-order valence-corrected chi connectivity index (χ0v) is 13.0. The number of aliphatic hydroxyl groups excluding tert-OH is 1. The van der Waals surface area contributed by atoms with E-state index < -0.39 is 47.4 Å². The van der Waals surface area contributed by atoms with E-state index in [0.29, 0.717) is 0 Å². The fourth-order valence-electron chi connectivity index (χ4n) is 3.04. The van der Waals surface area contributed by atoms with Crippen molar-refractivity contribution in [3.8, 4) is 5.75 Å². The number of ether oxygens (including phenoxy) is 2. The van der Waals surface area contributed by atoms with Crippen LogP contribution in [0.1, 0.15) is 30.9 Å². The van der Waals surface area contributed by atoms with Crippen molar-refractivity contribution >= 4 is 0 Å². The fourth-order valence-corrected chi connectivity index (χ4v) is 3.04. The Bertz CT molecular complexity index is 612. The Morgan fingerprint density at radius 2 is 1.75 bits per heavy atom. The van der Waals surface area contributed by atoms with Gasteiger partial charge in [-0.05, 0) is 13.0 Å². The normalized spacial score (nSPS) is 31.3. The molecule has 1 heterocycles. The third kappa shape index (κ3) is 2.83. The van der Waals surface area contributed by atoms with Gasteiger partial charge in [-0.2, -0.15) is 26.3 Å². The lowest BCUT2D eigenvalue weighted by Gasteiger charge is -2.31. The highest BCUT2D eigenvalue weighted by atomic mass is 19.4. The summed E-state index contributed by atoms with van der Waals surface area (Å²) >= 11 is 0. The summed E-state index contributed by atoms with van der Waals surface area (Å²) in [6.45, 7) is 1.94. The van der Waals surface area contributed by atoms with Gasteiger partial charge in [0.05, 0.1) is 12.7 Å². The van der Waals surface area contributed by atoms with E-state index in [9.17, 15) is 31.4 Å². The molecule has 1 N–H and O–H groups in total. The summed E-state index contributed by atoms with van der Waals surface area (Å²) in [7, 11) is 0.990. The summed E-state index contributed by atoms with van der Waals surface area (Å²) in [6, 6.07) is 3.02. The minimum atomic E-state index is -4.79. The second-order valence-corrected chi connectivity index (χ2v) is 5.85. The maximum atomic E-state index is 13.3. The lowest BCUT2D eigenvalue weighted by molar-refractivity contribution is -0.291. The SMILES string of the molecule is COc1c([C@H]2C(O)O[C@@](C)(C(F)(F)F)[C@H]2C)cccc1C(F)(F)F. The smallest absolute Gasteiger partial charge is 0.419 e. The molecule has 1 aromatic rings. The minimum Gasteiger partial charge on any atom is -0.496 e. The van der Waals surface area contributed by atoms with E-state index in [1.54, 1.807) is 0 Å². The first-order valence-corrected chi connectivity index (χ1v) is 7.01. The maximum Gasteiger partial charge on any atom is 0.419 e. The lowest BCUT2D eigenvalue weighted by atomic mass is 9.78. The van der Waals surface area contributed by atoms with E-state index in [1.807, 2.05) is 0 Å². The number of para-hydroxylation sites is 1. The number of hydrogen-bond donors (Lipinski definition) is 1. The van der Waals surface area contributed by atoms with Crippen LogP contribution in [-0.2, 0) is 10.9 Å². The molecule has 0 bridgehead atoms. The van der Waals surface area contributed by atoms with Crippen molar-refractivity contribution in [3.05, 3.63) is 29.3 Å². The van der Waals surface area contributed by atoms with E-state index >= 15 is 0 Å². The Hall–Kier alpha value is -1.48. The molecule has 1 unspecified atom stereocenters. The molecule has 1 fully saturated rings. The predicted molar refractivity (Wildman–Crippen MR) is 71.5 cm³/mol. The molecule has 0 radical (unpaired) electrons. The average molecular weight is 358 g/mol. The Labute approximate surface area is 134 Å². The highest BCUT2D eigenvalue weighted by Crippen LogP contribution is 2.54. The monoisotopic (exact) mass is 358 g/mol. The van der Waals surface area contributed by atoms with E-state index in [2.05, 4.69) is 0 Å². The van der Waals surface area contributed by atoms with Gasteiger partial charge in [-0.15, -0.1) is 0 Å². The van der Waals surface area contributed by atoms with Crippen molar-refractivity contribution in [2.45, 2.75) is 44.0 Å². The molecule has 0 aliphatic carbocycles. The number of rotatable bonds is 2. The minimum absolute atomic E-state index is 0.180. The number of halogens is 6. The van der Waals surface area contributed by atoms with Gasteiger partial charge >= 0.3 is 12.4 Å². The number of methoxy groups -OCH3 is 1. The van der Waals surface area contributed by atoms with Crippen LogP contribution >= 0.6 is 0 Å². The quantitative estimate of drug-likeness (QED) is 0.809. The molecule has 2 rings (SSSR count). The van der Waals surface area contributed by atoms with Gasteiger partial charge < -0.3 is 14.6 Å². The third-order valence-corrected chi connectivity index (χ3v) is 4.56. The van der Waals surface area contributed by atoms with Crippen LogP contribution in [-0.4, -0.2) is 30.3 Å². The number of benzene rings is 1. The summed E-state index contributed by atoms with van der Waals surface area (Å²) < 4.78 is 88.5. The van der Waals surface area contributed by atoms with E-state index in [-0.39, 0.29) is 5.56 Å². The Kier molecular flexibility index (Phi) is 4.56. The molecule has 1 aromatic carbocycles. The van der Waals surface area contributed by atoms with Gasteiger partial charge in [-0.1, -0.05) is 19.1 Å². The third-order valence-electron chi connectivity index (χ3n) is 4.56. The lowest BCUT2D eigenvalue weighted by Crippen LogP contribution is -2.46. The molecule has 0 saturated carbocycles. The first-order chi connectivity index (χ1) is 10.8. The van der Waals surface area contributed by atoms with Gasteiger partial charge in [0.25, 0.3) is 0 Å². The van der Waals surface area contributed by atoms with Crippen LogP contribution < -0.4 is 4.74 Å². The molecule has 0 spiro atoms. The van der Waals surface area contributed by atoms with Crippen molar-refractivity contribution in [1.29, 1.82) is 0 Å². The first-order valence-electron chi connectivity index (χ1n) is 7.01. The van der Waals surface area contributed by atoms with Crippen LogP contribution in [0, 0.1) is 5.92 Å². The Morgan fingerprint density at radius 1 is 1.17 bits per heavy atom. The van der Waals surface area contributed by atoms with Crippen LogP contribution in [0.15, 0.2) is 18.2 Å². The highest BCUT2D eigenvalue weighted by Gasteiger charge is 2.64. The standard InChI is InChI=1S/C15H16F6O3/c1-7-10(12(22)24-13(7,2)15(19,20)21)8-5-4-6-9(11(8)23-3)14(16,17)18/h4-7,10,12,22H,1-3H3/t7-,10-,12?,13+/m0/s1. The van der Waals surface area contributed by atoms with Crippen molar-refractivity contribution in [2.24, 2.45) is 5.92 Å². The van der Waals surface area contributed by atoms with E-state index in [0.717, 1.165) is 26.2 Å². The van der Waals surface area contributed by atoms with Crippen molar-refractivity contribution in [1.82, 2.24) is 0 Å². The van der Waals surface area contributed by atoms with Gasteiger partial charge in [-0.3, -0.25) is 0 Å². The van der Waals surface area contributed by atoms with Crippen LogP contribution in [0.25, 0.3) is 0 Å². The van der Waals surface area contributed by atoms with E-state index in [1.165, 1.54) is 13.0 Å². The second kappa shape index (κ2) is 5.80. The maximum absolute atomic E-state index is 13.3. The topological polar surface area (TPSA) is 38.7 Å². The van der Waals surface area contributed by atoms with Gasteiger partial charge in [-0.25, -0.2) is 0 Å². The molecule has 24 heavy (non-hydrogen) atoms. The summed E-state index contributed by atoms with van der Waals surface area (Å²) in [5.41, 5.74) is -3.99. The van der Waals surface area contributed by atoms with Gasteiger partial charge in [0.2, 0.25) is 0 Å². The van der Waals surface area contributed by atoms with Crippen LogP contribution in [0.5, 0.6) is 5.75 Å². The van der Waals surface area contributed by atoms with Crippen LogP contribution in [0.4, 0.5) is 26.3 Å². The molecule has 136 valence electrons. The summed E-state index contributed by atoms with van der Waals surface area (Å²) in [5.74, 6) is -3.27. The molecule has 1 aliphatic heterocycles. The Morgan fingerprint density at radius 3 is 2.17 bits per heavy atom. The van der Waals surface area contributed by atoms with Crippen molar-refractivity contribution < 1.29 is 40.9 Å². The summed E-state index contributed by atoms with van der Waals surface area (Å²) in [4.78, 5) is 0. The van der Waals surface area contributed by atoms with Gasteiger partial charge in [0.1, 0.15) is 5.75 Å². The molecule has 1 aliphatic rings. The molecular formula is C15H16F6O3.